The Kier molecular flexibility index (Phi) is 3.01. The lowest BCUT2D eigenvalue weighted by Gasteiger charge is -2.03. The number of nitrogens with two attached hydrogens (primary N) is 1. The van der Waals surface area contributed by atoms with Gasteiger partial charge in [-0.3, -0.25) is 5.32 Å². The van der Waals surface area contributed by atoms with E-state index in [2.05, 4.69) is 5.32 Å². The summed E-state index contributed by atoms with van der Waals surface area (Å²) < 4.78 is 12.6. The summed E-state index contributed by atoms with van der Waals surface area (Å²) in [6.07, 6.45) is 0. The van der Waals surface area contributed by atoms with Crippen molar-refractivity contribution in [2.24, 2.45) is 5.73 Å². The van der Waals surface area contributed by atoms with Gasteiger partial charge in [0.15, 0.2) is 0 Å². The molecule has 0 aliphatic rings. The highest BCUT2D eigenvalue weighted by Gasteiger charge is 2.03. The molecule has 0 aliphatic heterocycles. The minimum Gasteiger partial charge on any atom is -0.351 e. The zero-order valence-electron chi connectivity index (χ0n) is 7.08. The zero-order valence-corrected chi connectivity index (χ0v) is 7.08. The van der Waals surface area contributed by atoms with Gasteiger partial charge in [0, 0.05) is 5.69 Å². The molecule has 1 aromatic rings. The fourth-order valence-corrected chi connectivity index (χ4v) is 0.840. The van der Waals surface area contributed by atoms with Gasteiger partial charge in [0.2, 0.25) is 0 Å². The second-order valence-corrected chi connectivity index (χ2v) is 2.45. The number of benzene rings is 1. The van der Waals surface area contributed by atoms with Gasteiger partial charge in [0.25, 0.3) is 0 Å². The van der Waals surface area contributed by atoms with Crippen LogP contribution in [-0.2, 0) is 0 Å². The van der Waals surface area contributed by atoms with Crippen molar-refractivity contribution in [3.05, 3.63) is 30.1 Å². The summed E-state index contributed by atoms with van der Waals surface area (Å²) in [4.78, 5) is 21.1. The average Bonchev–Trinajstić information content (AvgIpc) is 2.01. The summed E-state index contributed by atoms with van der Waals surface area (Å²) in [5, 5.41) is 4.00. The van der Waals surface area contributed by atoms with Gasteiger partial charge in [-0.1, -0.05) is 6.07 Å². The number of halogens is 1. The third kappa shape index (κ3) is 3.10. The number of hydrogen-bond acceptors (Lipinski definition) is 2. The molecule has 4 amide bonds. The lowest BCUT2D eigenvalue weighted by Crippen LogP contribution is -2.38. The Balaban J connectivity index is 2.60. The van der Waals surface area contributed by atoms with E-state index in [9.17, 15) is 14.0 Å². The maximum atomic E-state index is 12.6. The topological polar surface area (TPSA) is 84.2 Å². The number of nitrogens with one attached hydrogen (secondary N) is 2. The number of primary amides is 1. The van der Waals surface area contributed by atoms with Crippen molar-refractivity contribution in [1.29, 1.82) is 0 Å². The summed E-state index contributed by atoms with van der Waals surface area (Å²) in [5.41, 5.74) is 4.93. The molecule has 0 atom stereocenters. The van der Waals surface area contributed by atoms with Crippen LogP contribution in [0.2, 0.25) is 0 Å². The smallest absolute Gasteiger partial charge is 0.327 e. The van der Waals surface area contributed by atoms with Crippen LogP contribution in [0, 0.1) is 5.82 Å². The SMILES string of the molecule is NC(=O)NC(=O)Nc1cccc(F)c1. The van der Waals surface area contributed by atoms with E-state index in [1.807, 2.05) is 0 Å². The van der Waals surface area contributed by atoms with Crippen molar-refractivity contribution in [1.82, 2.24) is 5.32 Å². The van der Waals surface area contributed by atoms with Crippen molar-refractivity contribution in [2.45, 2.75) is 0 Å². The maximum Gasteiger partial charge on any atom is 0.327 e. The van der Waals surface area contributed by atoms with Crippen molar-refractivity contribution in [3.63, 3.8) is 0 Å². The van der Waals surface area contributed by atoms with Crippen molar-refractivity contribution in [3.8, 4) is 0 Å². The Morgan fingerprint density at radius 2 is 2.07 bits per heavy atom. The second kappa shape index (κ2) is 4.22. The van der Waals surface area contributed by atoms with Gasteiger partial charge < -0.3 is 11.1 Å². The Morgan fingerprint density at radius 3 is 2.64 bits per heavy atom. The standard InChI is InChI=1S/C8H8FN3O2/c9-5-2-1-3-6(4-5)11-8(14)12-7(10)13/h1-4H,(H4,10,11,12,13,14). The van der Waals surface area contributed by atoms with Crippen LogP contribution < -0.4 is 16.4 Å². The zero-order chi connectivity index (χ0) is 10.6. The predicted molar refractivity (Wildman–Crippen MR) is 48.1 cm³/mol. The summed E-state index contributed by atoms with van der Waals surface area (Å²) in [5.74, 6) is -0.484. The van der Waals surface area contributed by atoms with Crippen LogP contribution in [0.5, 0.6) is 0 Å². The van der Waals surface area contributed by atoms with Gasteiger partial charge >= 0.3 is 12.1 Å². The van der Waals surface area contributed by atoms with E-state index < -0.39 is 17.9 Å². The first-order valence-electron chi connectivity index (χ1n) is 3.71. The van der Waals surface area contributed by atoms with Gasteiger partial charge in [-0.25, -0.2) is 14.0 Å². The molecule has 4 N–H and O–H groups in total. The van der Waals surface area contributed by atoms with E-state index in [0.717, 1.165) is 6.07 Å². The molecule has 5 nitrogen and oxygen atoms in total. The Bertz CT molecular complexity index is 367. The first-order valence-corrected chi connectivity index (χ1v) is 3.71. The van der Waals surface area contributed by atoms with Gasteiger partial charge in [-0.15, -0.1) is 0 Å². The lowest BCUT2D eigenvalue weighted by molar-refractivity contribution is 0.238. The van der Waals surface area contributed by atoms with Crippen molar-refractivity contribution >= 4 is 17.7 Å². The fraction of sp³-hybridized carbons (Fsp3) is 0. The van der Waals surface area contributed by atoms with Gasteiger partial charge in [-0.2, -0.15) is 0 Å². The molecule has 1 rings (SSSR count). The van der Waals surface area contributed by atoms with Crippen LogP contribution in [0.4, 0.5) is 19.7 Å². The van der Waals surface area contributed by atoms with Crippen LogP contribution in [0.3, 0.4) is 0 Å². The monoisotopic (exact) mass is 197 g/mol. The number of rotatable bonds is 1. The first kappa shape index (κ1) is 9.97. The molecule has 0 aliphatic carbocycles. The molecule has 0 spiro atoms. The van der Waals surface area contributed by atoms with Crippen LogP contribution in [0.1, 0.15) is 0 Å². The minimum absolute atomic E-state index is 0.240. The van der Waals surface area contributed by atoms with E-state index in [-0.39, 0.29) is 5.69 Å². The summed E-state index contributed by atoms with van der Waals surface area (Å²) >= 11 is 0. The predicted octanol–water partition coefficient (Wildman–Crippen LogP) is 1.03. The van der Waals surface area contributed by atoms with Gasteiger partial charge in [-0.05, 0) is 18.2 Å². The molecule has 1 aromatic carbocycles. The van der Waals surface area contributed by atoms with E-state index in [4.69, 9.17) is 5.73 Å². The number of carbonyl (C=O) groups is 2. The average molecular weight is 197 g/mol. The number of amides is 4. The first-order chi connectivity index (χ1) is 6.58. The number of anilines is 1. The van der Waals surface area contributed by atoms with Crippen LogP contribution in [0.15, 0.2) is 24.3 Å². The Hall–Kier alpha value is -2.11. The Labute approximate surface area is 79.1 Å². The summed E-state index contributed by atoms with van der Waals surface area (Å²) in [7, 11) is 0. The van der Waals surface area contributed by atoms with Crippen molar-refractivity contribution in [2.75, 3.05) is 5.32 Å². The Morgan fingerprint density at radius 1 is 1.36 bits per heavy atom. The van der Waals surface area contributed by atoms with E-state index in [1.54, 1.807) is 5.32 Å². The molecule has 0 saturated carbocycles. The van der Waals surface area contributed by atoms with Crippen LogP contribution in [0.25, 0.3) is 0 Å². The minimum atomic E-state index is -0.973. The van der Waals surface area contributed by atoms with E-state index in [1.165, 1.54) is 18.2 Å². The number of hydrogen-bond donors (Lipinski definition) is 3. The third-order valence-corrected chi connectivity index (χ3v) is 1.32. The number of carbonyl (C=O) groups excluding carboxylic acids is 2. The largest absolute Gasteiger partial charge is 0.351 e. The number of urea groups is 2. The molecule has 6 heteroatoms. The second-order valence-electron chi connectivity index (χ2n) is 2.45. The highest BCUT2D eigenvalue weighted by molar-refractivity contribution is 5.99. The lowest BCUT2D eigenvalue weighted by atomic mass is 10.3. The fourth-order valence-electron chi connectivity index (χ4n) is 0.840. The molecule has 0 radical (unpaired) electrons. The maximum absolute atomic E-state index is 12.6. The molecule has 0 heterocycles. The molecule has 0 unspecified atom stereocenters. The molecule has 0 bridgehead atoms. The van der Waals surface area contributed by atoms with Crippen molar-refractivity contribution < 1.29 is 14.0 Å². The number of imide groups is 1. The molecular weight excluding hydrogens is 189 g/mol. The molecule has 14 heavy (non-hydrogen) atoms. The van der Waals surface area contributed by atoms with Crippen LogP contribution in [-0.4, -0.2) is 12.1 Å². The highest BCUT2D eigenvalue weighted by atomic mass is 19.1. The molecule has 0 fully saturated rings. The molecular formula is C8H8FN3O2. The summed E-state index contributed by atoms with van der Waals surface area (Å²) in [6.45, 7) is 0. The van der Waals surface area contributed by atoms with Gasteiger partial charge in [0.1, 0.15) is 5.82 Å². The summed E-state index contributed by atoms with van der Waals surface area (Å²) in [6, 6.07) is 3.47. The molecule has 0 aromatic heterocycles. The molecule has 74 valence electrons. The van der Waals surface area contributed by atoms with Crippen LogP contribution >= 0.6 is 0 Å². The van der Waals surface area contributed by atoms with E-state index in [0.29, 0.717) is 0 Å². The van der Waals surface area contributed by atoms with E-state index >= 15 is 0 Å². The third-order valence-electron chi connectivity index (χ3n) is 1.32. The quantitative estimate of drug-likeness (QED) is 0.628. The van der Waals surface area contributed by atoms with Gasteiger partial charge in [0.05, 0.1) is 0 Å². The molecule has 0 saturated heterocycles. The highest BCUT2D eigenvalue weighted by Crippen LogP contribution is 2.08. The normalized spacial score (nSPS) is 9.21.